The van der Waals surface area contributed by atoms with E-state index in [1.54, 1.807) is 25.1 Å². The Balaban J connectivity index is 1.49. The van der Waals surface area contributed by atoms with Gasteiger partial charge in [0.25, 0.3) is 0 Å². The van der Waals surface area contributed by atoms with Crippen LogP contribution < -0.4 is 5.32 Å². The van der Waals surface area contributed by atoms with E-state index in [2.05, 4.69) is 5.32 Å². The smallest absolute Gasteiger partial charge is 0.243 e. The summed E-state index contributed by atoms with van der Waals surface area (Å²) in [4.78, 5) is 13.3. The minimum Gasteiger partial charge on any atom is -0.351 e. The van der Waals surface area contributed by atoms with Gasteiger partial charge in [-0.1, -0.05) is 48.0 Å². The number of rotatable bonds is 5. The van der Waals surface area contributed by atoms with Crippen molar-refractivity contribution in [1.82, 2.24) is 9.62 Å². The lowest BCUT2D eigenvalue weighted by Crippen LogP contribution is -2.51. The Morgan fingerprint density at radius 1 is 1.14 bits per heavy atom. The summed E-state index contributed by atoms with van der Waals surface area (Å²) in [5.41, 5.74) is 1.14. The zero-order valence-electron chi connectivity index (χ0n) is 16.4. The fourth-order valence-electron chi connectivity index (χ4n) is 4.14. The number of nitrogens with zero attached hydrogens (tertiary/aromatic N) is 1. The molecule has 1 aliphatic carbocycles. The third-order valence-corrected chi connectivity index (χ3v) is 8.49. The van der Waals surface area contributed by atoms with E-state index in [-0.39, 0.29) is 23.4 Å². The highest BCUT2D eigenvalue weighted by Gasteiger charge is 2.51. The summed E-state index contributed by atoms with van der Waals surface area (Å²) < 4.78 is 27.8. The predicted molar refractivity (Wildman–Crippen MR) is 113 cm³/mol. The quantitative estimate of drug-likeness (QED) is 0.784. The maximum Gasteiger partial charge on any atom is 0.243 e. The first-order chi connectivity index (χ1) is 13.8. The van der Waals surface area contributed by atoms with Crippen molar-refractivity contribution in [3.8, 4) is 0 Å². The van der Waals surface area contributed by atoms with Crippen LogP contribution in [0.1, 0.15) is 36.8 Å². The molecular weight excluding hydrogens is 408 g/mol. The van der Waals surface area contributed by atoms with Crippen LogP contribution in [-0.2, 0) is 20.2 Å². The van der Waals surface area contributed by atoms with Gasteiger partial charge >= 0.3 is 0 Å². The predicted octanol–water partition coefficient (Wildman–Crippen LogP) is 3.65. The van der Waals surface area contributed by atoms with Gasteiger partial charge in [-0.25, -0.2) is 8.42 Å². The molecule has 2 fully saturated rings. The van der Waals surface area contributed by atoms with E-state index >= 15 is 0 Å². The SMILES string of the molecule is Cc1c(Cl)cccc1S(=O)(=O)N1CCC[C@H](NC(=O)C2(c3ccccc3)CC2)C1. The van der Waals surface area contributed by atoms with Crippen LogP contribution in [-0.4, -0.2) is 37.8 Å². The van der Waals surface area contributed by atoms with Gasteiger partial charge in [0.05, 0.1) is 10.3 Å². The monoisotopic (exact) mass is 432 g/mol. The molecule has 154 valence electrons. The van der Waals surface area contributed by atoms with E-state index in [0.29, 0.717) is 23.6 Å². The Bertz CT molecular complexity index is 1020. The summed E-state index contributed by atoms with van der Waals surface area (Å²) in [6.45, 7) is 2.45. The number of sulfonamides is 1. The molecule has 1 amide bonds. The molecule has 1 heterocycles. The van der Waals surface area contributed by atoms with Gasteiger partial charge in [0.2, 0.25) is 15.9 Å². The summed E-state index contributed by atoms with van der Waals surface area (Å²) in [6, 6.07) is 14.6. The Kier molecular flexibility index (Phi) is 5.44. The minimum atomic E-state index is -3.66. The lowest BCUT2D eigenvalue weighted by atomic mass is 9.94. The zero-order chi connectivity index (χ0) is 20.6. The fourth-order valence-corrected chi connectivity index (χ4v) is 6.14. The molecule has 4 rings (SSSR count). The second kappa shape index (κ2) is 7.74. The molecule has 0 spiro atoms. The largest absolute Gasteiger partial charge is 0.351 e. The van der Waals surface area contributed by atoms with Gasteiger partial charge in [-0.3, -0.25) is 4.79 Å². The van der Waals surface area contributed by atoms with Gasteiger partial charge in [-0.05, 0) is 55.9 Å². The number of carbonyl (C=O) groups is 1. The van der Waals surface area contributed by atoms with E-state index in [1.165, 1.54) is 4.31 Å². The lowest BCUT2D eigenvalue weighted by molar-refractivity contribution is -0.124. The number of halogens is 1. The first-order valence-corrected chi connectivity index (χ1v) is 11.8. The first kappa shape index (κ1) is 20.4. The van der Waals surface area contributed by atoms with E-state index in [9.17, 15) is 13.2 Å². The van der Waals surface area contributed by atoms with Crippen LogP contribution >= 0.6 is 11.6 Å². The molecule has 29 heavy (non-hydrogen) atoms. The Labute approximate surface area is 177 Å². The molecule has 1 N–H and O–H groups in total. The van der Waals surface area contributed by atoms with Gasteiger partial charge in [0.15, 0.2) is 0 Å². The van der Waals surface area contributed by atoms with Crippen LogP contribution in [0.15, 0.2) is 53.4 Å². The molecule has 0 aromatic heterocycles. The summed E-state index contributed by atoms with van der Waals surface area (Å²) in [5.74, 6) is 0.00637. The molecule has 1 saturated carbocycles. The molecule has 0 unspecified atom stereocenters. The first-order valence-electron chi connectivity index (χ1n) is 9.96. The number of piperidine rings is 1. The van der Waals surface area contributed by atoms with Crippen LogP contribution in [0, 0.1) is 6.92 Å². The Morgan fingerprint density at radius 3 is 2.55 bits per heavy atom. The van der Waals surface area contributed by atoms with Gasteiger partial charge in [0, 0.05) is 24.2 Å². The van der Waals surface area contributed by atoms with Crippen molar-refractivity contribution in [2.45, 2.75) is 49.0 Å². The van der Waals surface area contributed by atoms with Crippen LogP contribution in [0.25, 0.3) is 0 Å². The average molecular weight is 433 g/mol. The molecule has 1 atom stereocenters. The highest BCUT2D eigenvalue weighted by atomic mass is 35.5. The van der Waals surface area contributed by atoms with E-state index in [0.717, 1.165) is 24.8 Å². The molecule has 7 heteroatoms. The van der Waals surface area contributed by atoms with Gasteiger partial charge in [-0.15, -0.1) is 0 Å². The number of nitrogens with one attached hydrogen (secondary N) is 1. The minimum absolute atomic E-state index is 0.00637. The van der Waals surface area contributed by atoms with E-state index in [4.69, 9.17) is 11.6 Å². The molecule has 1 saturated heterocycles. The highest BCUT2D eigenvalue weighted by molar-refractivity contribution is 7.89. The summed E-state index contributed by atoms with van der Waals surface area (Å²) in [6.07, 6.45) is 3.15. The molecule has 2 aromatic carbocycles. The molecular formula is C22H25ClN2O3S. The van der Waals surface area contributed by atoms with Crippen molar-refractivity contribution in [3.05, 3.63) is 64.7 Å². The van der Waals surface area contributed by atoms with Gasteiger partial charge in [-0.2, -0.15) is 4.31 Å². The van der Waals surface area contributed by atoms with Crippen molar-refractivity contribution >= 4 is 27.5 Å². The van der Waals surface area contributed by atoms with Crippen molar-refractivity contribution in [2.75, 3.05) is 13.1 Å². The Hall–Kier alpha value is -1.89. The molecule has 0 bridgehead atoms. The summed E-state index contributed by atoms with van der Waals surface area (Å²) >= 11 is 6.13. The number of benzene rings is 2. The third-order valence-electron chi connectivity index (χ3n) is 6.07. The maximum atomic E-state index is 13.2. The van der Waals surface area contributed by atoms with Crippen molar-refractivity contribution in [3.63, 3.8) is 0 Å². The molecule has 2 aromatic rings. The average Bonchev–Trinajstić information content (AvgIpc) is 3.53. The van der Waals surface area contributed by atoms with Crippen LogP contribution in [0.5, 0.6) is 0 Å². The number of amides is 1. The molecule has 0 radical (unpaired) electrons. The summed E-state index contributed by atoms with van der Waals surface area (Å²) in [5, 5.41) is 3.57. The van der Waals surface area contributed by atoms with E-state index < -0.39 is 15.4 Å². The molecule has 2 aliphatic rings. The second-order valence-corrected chi connectivity index (χ2v) is 10.3. The highest BCUT2D eigenvalue weighted by Crippen LogP contribution is 2.48. The molecule has 1 aliphatic heterocycles. The summed E-state index contributed by atoms with van der Waals surface area (Å²) in [7, 11) is -3.66. The molecule has 5 nitrogen and oxygen atoms in total. The maximum absolute atomic E-state index is 13.2. The standard InChI is InChI=1S/C22H25ClN2O3S/c1-16-19(23)10-5-11-20(16)29(27,28)25-14-6-9-18(15-25)24-21(26)22(12-13-22)17-7-3-2-4-8-17/h2-5,7-8,10-11,18H,6,9,12-15H2,1H3,(H,24,26)/t18-/m0/s1. The Morgan fingerprint density at radius 2 is 1.86 bits per heavy atom. The van der Waals surface area contributed by atoms with Crippen molar-refractivity contribution in [2.24, 2.45) is 0 Å². The van der Waals surface area contributed by atoms with E-state index in [1.807, 2.05) is 30.3 Å². The lowest BCUT2D eigenvalue weighted by Gasteiger charge is -2.33. The number of hydrogen-bond acceptors (Lipinski definition) is 3. The van der Waals surface area contributed by atoms with Crippen molar-refractivity contribution in [1.29, 1.82) is 0 Å². The van der Waals surface area contributed by atoms with Crippen LogP contribution in [0.3, 0.4) is 0 Å². The van der Waals surface area contributed by atoms with Gasteiger partial charge in [0.1, 0.15) is 0 Å². The third kappa shape index (κ3) is 3.81. The number of hydrogen-bond donors (Lipinski definition) is 1. The van der Waals surface area contributed by atoms with Crippen LogP contribution in [0.4, 0.5) is 0 Å². The fraction of sp³-hybridized carbons (Fsp3) is 0.409. The normalized spacial score (nSPS) is 21.5. The topological polar surface area (TPSA) is 66.5 Å². The van der Waals surface area contributed by atoms with Gasteiger partial charge < -0.3 is 5.32 Å². The van der Waals surface area contributed by atoms with Crippen molar-refractivity contribution < 1.29 is 13.2 Å². The van der Waals surface area contributed by atoms with Crippen LogP contribution in [0.2, 0.25) is 5.02 Å². The zero-order valence-corrected chi connectivity index (χ0v) is 18.0. The number of carbonyl (C=O) groups excluding carboxylic acids is 1. The second-order valence-electron chi connectivity index (χ2n) is 7.99.